The van der Waals surface area contributed by atoms with Gasteiger partial charge < -0.3 is 9.47 Å². The largest absolute Gasteiger partial charge is 0.473 e. The molecule has 2 N–H and O–H groups in total. The molecule has 5 rings (SSSR count). The molecule has 0 aliphatic carbocycles. The number of ether oxygens (including phenoxy) is 2. The molecule has 0 aliphatic heterocycles. The Morgan fingerprint density at radius 1 is 0.860 bits per heavy atom. The summed E-state index contributed by atoms with van der Waals surface area (Å²) < 4.78 is 43.4. The average molecular weight is 636 g/mol. The number of aromatic nitrogens is 5. The topological polar surface area (TPSA) is 141 Å². The highest BCUT2D eigenvalue weighted by molar-refractivity contribution is 7.98. The van der Waals surface area contributed by atoms with E-state index >= 15 is 0 Å². The Hall–Kier alpha value is -4.30. The van der Waals surface area contributed by atoms with E-state index in [4.69, 9.17) is 21.1 Å². The van der Waals surface area contributed by atoms with E-state index in [1.807, 2.05) is 36.6 Å². The predicted octanol–water partition coefficient (Wildman–Crippen LogP) is 5.28. The van der Waals surface area contributed by atoms with Gasteiger partial charge in [0.1, 0.15) is 13.2 Å². The number of hydrogen-bond acceptors (Lipinski definition) is 10. The third-order valence-corrected chi connectivity index (χ3v) is 7.80. The highest BCUT2D eigenvalue weighted by atomic mass is 35.5. The van der Waals surface area contributed by atoms with E-state index in [0.717, 1.165) is 10.5 Å². The smallest absolute Gasteiger partial charge is 0.316 e. The zero-order chi connectivity index (χ0) is 30.1. The fourth-order valence-corrected chi connectivity index (χ4v) is 5.09. The van der Waals surface area contributed by atoms with Crippen LogP contribution in [0.15, 0.2) is 96.4 Å². The maximum absolute atomic E-state index is 13.2. The van der Waals surface area contributed by atoms with Crippen LogP contribution in [0.1, 0.15) is 5.56 Å². The Morgan fingerprint density at radius 3 is 2.26 bits per heavy atom. The predicted molar refractivity (Wildman–Crippen MR) is 166 cm³/mol. The molecule has 5 aromatic rings. The van der Waals surface area contributed by atoms with Gasteiger partial charge in [0.2, 0.25) is 5.88 Å². The van der Waals surface area contributed by atoms with Gasteiger partial charge in [-0.1, -0.05) is 54.1 Å². The molecule has 0 saturated carbocycles. The fraction of sp³-hybridized carbons (Fsp3) is 0.138. The number of halogens is 1. The SMILES string of the molecule is CSc1cnc(OCCOc2nc(-c3ccncc3)nc(NS(=O)(=O)NCc3ccccc3)c2-c2ccc(Cl)cc2)nc1. The van der Waals surface area contributed by atoms with E-state index in [2.05, 4.69) is 34.4 Å². The quantitative estimate of drug-likeness (QED) is 0.130. The van der Waals surface area contributed by atoms with Gasteiger partial charge >= 0.3 is 16.2 Å². The minimum Gasteiger partial charge on any atom is -0.473 e. The zero-order valence-corrected chi connectivity index (χ0v) is 25.2. The van der Waals surface area contributed by atoms with Crippen LogP contribution >= 0.6 is 23.4 Å². The summed E-state index contributed by atoms with van der Waals surface area (Å²) in [6, 6.07) is 19.6. The summed E-state index contributed by atoms with van der Waals surface area (Å²) in [5.41, 5.74) is 2.30. The molecule has 3 heterocycles. The molecular formula is C29H26ClN7O4S2. The lowest BCUT2D eigenvalue weighted by molar-refractivity contribution is 0.202. The first-order chi connectivity index (χ1) is 20.9. The van der Waals surface area contributed by atoms with Crippen LogP contribution in [0.5, 0.6) is 11.9 Å². The molecule has 0 radical (unpaired) electrons. The van der Waals surface area contributed by atoms with Crippen molar-refractivity contribution in [2.45, 2.75) is 11.4 Å². The zero-order valence-electron chi connectivity index (χ0n) is 22.8. The second-order valence-corrected chi connectivity index (χ2v) is 11.6. The average Bonchev–Trinajstić information content (AvgIpc) is 3.04. The minimum atomic E-state index is -4.08. The lowest BCUT2D eigenvalue weighted by Crippen LogP contribution is -2.30. The number of nitrogens with one attached hydrogen (secondary N) is 2. The number of nitrogens with zero attached hydrogens (tertiary/aromatic N) is 5. The number of pyridine rings is 1. The van der Waals surface area contributed by atoms with Crippen molar-refractivity contribution in [1.29, 1.82) is 0 Å². The summed E-state index contributed by atoms with van der Waals surface area (Å²) in [5, 5.41) is 0.507. The van der Waals surface area contributed by atoms with Gasteiger partial charge in [0.25, 0.3) is 0 Å². The standard InChI is InChI=1S/C29H26ClN7O4S2/c1-42-24-18-32-29(33-19-24)41-16-15-40-28-25(21-7-9-23(30)10-8-21)27(35-26(36-28)22-11-13-31-14-12-22)37-43(38,39)34-17-20-5-3-2-4-6-20/h2-14,18-19,34H,15-17H2,1H3,(H,35,36,37). The first kappa shape index (κ1) is 30.2. The minimum absolute atomic E-state index is 0.0107. The van der Waals surface area contributed by atoms with Crippen molar-refractivity contribution >= 4 is 39.4 Å². The van der Waals surface area contributed by atoms with Crippen LogP contribution in [0.4, 0.5) is 5.82 Å². The number of rotatable bonds is 13. The Labute approximate surface area is 258 Å². The van der Waals surface area contributed by atoms with Crippen molar-refractivity contribution in [3.8, 4) is 34.4 Å². The number of thioether (sulfide) groups is 1. The third-order valence-electron chi connectivity index (χ3n) is 5.88. The Kier molecular flexibility index (Phi) is 10.00. The molecule has 0 atom stereocenters. The van der Waals surface area contributed by atoms with Crippen LogP contribution in [0.2, 0.25) is 5.02 Å². The molecular weight excluding hydrogens is 610 g/mol. The van der Waals surface area contributed by atoms with Crippen molar-refractivity contribution < 1.29 is 17.9 Å². The van der Waals surface area contributed by atoms with Gasteiger partial charge in [-0.25, -0.2) is 15.0 Å². The third kappa shape index (κ3) is 8.38. The lowest BCUT2D eigenvalue weighted by atomic mass is 10.1. The van der Waals surface area contributed by atoms with Crippen LogP contribution < -0.4 is 18.9 Å². The molecule has 0 fully saturated rings. The molecule has 0 aliphatic rings. The van der Waals surface area contributed by atoms with Gasteiger partial charge in [0.15, 0.2) is 11.6 Å². The van der Waals surface area contributed by atoms with Gasteiger partial charge in [-0.15, -0.1) is 11.8 Å². The van der Waals surface area contributed by atoms with Crippen molar-refractivity contribution in [3.63, 3.8) is 0 Å². The van der Waals surface area contributed by atoms with Crippen LogP contribution in [-0.4, -0.2) is 52.8 Å². The van der Waals surface area contributed by atoms with E-state index < -0.39 is 10.2 Å². The fourth-order valence-electron chi connectivity index (χ4n) is 3.82. The summed E-state index contributed by atoms with van der Waals surface area (Å²) in [6.45, 7) is 0.238. The maximum Gasteiger partial charge on any atom is 0.316 e. The summed E-state index contributed by atoms with van der Waals surface area (Å²) >= 11 is 7.67. The molecule has 11 nitrogen and oxygen atoms in total. The van der Waals surface area contributed by atoms with Crippen LogP contribution in [-0.2, 0) is 16.8 Å². The number of hydrogen-bond donors (Lipinski definition) is 2. The number of anilines is 1. The monoisotopic (exact) mass is 635 g/mol. The summed E-state index contributed by atoms with van der Waals surface area (Å²) in [7, 11) is -4.08. The Bertz CT molecular complexity index is 1750. The van der Waals surface area contributed by atoms with Crippen molar-refractivity contribution in [3.05, 3.63) is 102 Å². The van der Waals surface area contributed by atoms with Gasteiger partial charge in [-0.2, -0.15) is 18.1 Å². The molecule has 0 saturated heterocycles. The summed E-state index contributed by atoms with van der Waals surface area (Å²) in [5.74, 6) is 0.372. The molecule has 43 heavy (non-hydrogen) atoms. The molecule has 0 spiro atoms. The summed E-state index contributed by atoms with van der Waals surface area (Å²) in [6.07, 6.45) is 8.45. The van der Waals surface area contributed by atoms with E-state index in [9.17, 15) is 8.42 Å². The van der Waals surface area contributed by atoms with E-state index in [-0.39, 0.29) is 43.3 Å². The molecule has 14 heteroatoms. The van der Waals surface area contributed by atoms with Crippen molar-refractivity contribution in [1.82, 2.24) is 29.6 Å². The van der Waals surface area contributed by atoms with Crippen molar-refractivity contribution in [2.75, 3.05) is 24.2 Å². The molecule has 3 aromatic heterocycles. The van der Waals surface area contributed by atoms with E-state index in [1.54, 1.807) is 61.2 Å². The lowest BCUT2D eigenvalue weighted by Gasteiger charge is -2.18. The molecule has 0 amide bonds. The van der Waals surface area contributed by atoms with Gasteiger partial charge in [-0.3, -0.25) is 9.71 Å². The summed E-state index contributed by atoms with van der Waals surface area (Å²) in [4.78, 5) is 22.6. The first-order valence-corrected chi connectivity index (χ1v) is 16.0. The van der Waals surface area contributed by atoms with Crippen LogP contribution in [0, 0.1) is 0 Å². The molecule has 0 bridgehead atoms. The first-order valence-electron chi connectivity index (χ1n) is 12.9. The molecule has 220 valence electrons. The second kappa shape index (κ2) is 14.2. The second-order valence-electron chi connectivity index (χ2n) is 8.83. The highest BCUT2D eigenvalue weighted by Crippen LogP contribution is 2.37. The normalized spacial score (nSPS) is 11.2. The van der Waals surface area contributed by atoms with E-state index in [0.29, 0.717) is 21.7 Å². The Balaban J connectivity index is 1.48. The highest BCUT2D eigenvalue weighted by Gasteiger charge is 2.23. The van der Waals surface area contributed by atoms with Gasteiger partial charge in [0, 0.05) is 46.8 Å². The molecule has 2 aromatic carbocycles. The van der Waals surface area contributed by atoms with Crippen LogP contribution in [0.25, 0.3) is 22.5 Å². The van der Waals surface area contributed by atoms with Crippen molar-refractivity contribution in [2.24, 2.45) is 0 Å². The van der Waals surface area contributed by atoms with Gasteiger partial charge in [-0.05, 0) is 41.6 Å². The Morgan fingerprint density at radius 2 is 1.56 bits per heavy atom. The number of benzene rings is 2. The van der Waals surface area contributed by atoms with Crippen LogP contribution in [0.3, 0.4) is 0 Å². The maximum atomic E-state index is 13.2. The van der Waals surface area contributed by atoms with Gasteiger partial charge in [0.05, 0.1) is 5.56 Å². The van der Waals surface area contributed by atoms with E-state index in [1.165, 1.54) is 11.8 Å². The molecule has 0 unspecified atom stereocenters.